The quantitative estimate of drug-likeness (QED) is 0.499. The molecule has 0 aliphatic rings. The third kappa shape index (κ3) is 3.81. The number of benzene rings is 2. The van der Waals surface area contributed by atoms with E-state index in [1.165, 1.54) is 0 Å². The van der Waals surface area contributed by atoms with E-state index in [1.54, 1.807) is 11.5 Å². The van der Waals surface area contributed by atoms with Crippen LogP contribution in [0, 0.1) is 11.3 Å². The van der Waals surface area contributed by atoms with E-state index in [0.29, 0.717) is 29.8 Å². The number of nitriles is 1. The van der Waals surface area contributed by atoms with Gasteiger partial charge in [-0.3, -0.25) is 0 Å². The van der Waals surface area contributed by atoms with Gasteiger partial charge in [-0.1, -0.05) is 49.4 Å². The summed E-state index contributed by atoms with van der Waals surface area (Å²) in [6.07, 6.45) is 0.644. The molecule has 0 spiro atoms. The van der Waals surface area contributed by atoms with Gasteiger partial charge in [0.2, 0.25) is 0 Å². The Morgan fingerprint density at radius 1 is 1.00 bits per heavy atom. The Morgan fingerprint density at radius 3 is 2.27 bits per heavy atom. The number of carbonyl (C=O) groups is 1. The molecule has 0 aliphatic carbocycles. The fraction of sp³-hybridized carbons (Fsp3) is 0.280. The van der Waals surface area contributed by atoms with Gasteiger partial charge in [0.15, 0.2) is 0 Å². The zero-order valence-corrected chi connectivity index (χ0v) is 17.9. The van der Waals surface area contributed by atoms with Crippen molar-refractivity contribution in [3.8, 4) is 34.1 Å². The highest BCUT2D eigenvalue weighted by Gasteiger charge is 2.26. The van der Waals surface area contributed by atoms with Crippen LogP contribution in [0.25, 0.3) is 22.3 Å². The first-order chi connectivity index (χ1) is 14.6. The Morgan fingerprint density at radius 2 is 1.67 bits per heavy atom. The van der Waals surface area contributed by atoms with Gasteiger partial charge in [-0.2, -0.15) is 5.26 Å². The summed E-state index contributed by atoms with van der Waals surface area (Å²) in [5.41, 5.74) is 5.19. The SMILES string of the molecule is CCOC(=O)c1c(-c2ccc(-c3ccccc3OCC)cc2)c(C#N)c(CC)n1C. The number of aromatic nitrogens is 1. The minimum atomic E-state index is -0.419. The molecule has 0 N–H and O–H groups in total. The van der Waals surface area contributed by atoms with E-state index >= 15 is 0 Å². The molecule has 5 nitrogen and oxygen atoms in total. The Labute approximate surface area is 177 Å². The maximum Gasteiger partial charge on any atom is 0.355 e. The number of hydrogen-bond acceptors (Lipinski definition) is 4. The van der Waals surface area contributed by atoms with Crippen molar-refractivity contribution in [2.24, 2.45) is 7.05 Å². The molecule has 3 aromatic rings. The molecule has 0 aliphatic heterocycles. The van der Waals surface area contributed by atoms with Crippen LogP contribution in [0.1, 0.15) is 42.5 Å². The van der Waals surface area contributed by atoms with Gasteiger partial charge in [-0.15, -0.1) is 0 Å². The molecule has 154 valence electrons. The maximum absolute atomic E-state index is 12.7. The molecule has 0 atom stereocenters. The second kappa shape index (κ2) is 9.32. The highest BCUT2D eigenvalue weighted by molar-refractivity contribution is 5.98. The predicted octanol–water partition coefficient (Wildman–Crippen LogP) is 5.37. The lowest BCUT2D eigenvalue weighted by atomic mass is 9.97. The minimum absolute atomic E-state index is 0.278. The van der Waals surface area contributed by atoms with Crippen LogP contribution in [0.2, 0.25) is 0 Å². The van der Waals surface area contributed by atoms with Gasteiger partial charge in [-0.05, 0) is 37.5 Å². The number of rotatable bonds is 7. The molecule has 1 heterocycles. The van der Waals surface area contributed by atoms with E-state index in [4.69, 9.17) is 9.47 Å². The topological polar surface area (TPSA) is 64.2 Å². The highest BCUT2D eigenvalue weighted by Crippen LogP contribution is 2.36. The lowest BCUT2D eigenvalue weighted by Crippen LogP contribution is -2.12. The Hall–Kier alpha value is -3.52. The third-order valence-corrected chi connectivity index (χ3v) is 5.10. The third-order valence-electron chi connectivity index (χ3n) is 5.10. The number of para-hydroxylation sites is 1. The average Bonchev–Trinajstić information content (AvgIpc) is 3.06. The summed E-state index contributed by atoms with van der Waals surface area (Å²) in [6, 6.07) is 18.0. The molecular weight excluding hydrogens is 376 g/mol. The normalized spacial score (nSPS) is 10.5. The van der Waals surface area contributed by atoms with Gasteiger partial charge < -0.3 is 14.0 Å². The van der Waals surface area contributed by atoms with Crippen molar-refractivity contribution in [1.82, 2.24) is 4.57 Å². The summed E-state index contributed by atoms with van der Waals surface area (Å²) in [6.45, 7) is 6.58. The molecule has 3 rings (SSSR count). The van der Waals surface area contributed by atoms with Crippen molar-refractivity contribution in [1.29, 1.82) is 5.26 Å². The van der Waals surface area contributed by atoms with Crippen LogP contribution in [-0.2, 0) is 18.2 Å². The Kier molecular flexibility index (Phi) is 6.58. The molecule has 0 radical (unpaired) electrons. The zero-order chi connectivity index (χ0) is 21.7. The summed E-state index contributed by atoms with van der Waals surface area (Å²) in [5.74, 6) is 0.405. The second-order valence-corrected chi connectivity index (χ2v) is 6.80. The fourth-order valence-electron chi connectivity index (χ4n) is 3.79. The number of nitrogens with zero attached hydrogens (tertiary/aromatic N) is 2. The molecule has 0 unspecified atom stereocenters. The smallest absolute Gasteiger partial charge is 0.355 e. The largest absolute Gasteiger partial charge is 0.493 e. The lowest BCUT2D eigenvalue weighted by molar-refractivity contribution is 0.0516. The number of esters is 1. The minimum Gasteiger partial charge on any atom is -0.493 e. The molecule has 0 fully saturated rings. The molecule has 5 heteroatoms. The Balaban J connectivity index is 2.13. The van der Waals surface area contributed by atoms with Crippen LogP contribution >= 0.6 is 0 Å². The fourth-order valence-corrected chi connectivity index (χ4v) is 3.79. The first-order valence-electron chi connectivity index (χ1n) is 10.2. The maximum atomic E-state index is 12.7. The molecule has 30 heavy (non-hydrogen) atoms. The van der Waals surface area contributed by atoms with Crippen LogP contribution in [0.15, 0.2) is 48.5 Å². The molecule has 2 aromatic carbocycles. The monoisotopic (exact) mass is 402 g/mol. The van der Waals surface area contributed by atoms with Crippen LogP contribution in [0.3, 0.4) is 0 Å². The summed E-state index contributed by atoms with van der Waals surface area (Å²) in [4.78, 5) is 12.7. The van der Waals surface area contributed by atoms with Crippen molar-refractivity contribution in [2.45, 2.75) is 27.2 Å². The molecule has 0 saturated heterocycles. The second-order valence-electron chi connectivity index (χ2n) is 6.80. The summed E-state index contributed by atoms with van der Waals surface area (Å²) >= 11 is 0. The summed E-state index contributed by atoms with van der Waals surface area (Å²) in [7, 11) is 1.81. The Bertz CT molecular complexity index is 1090. The van der Waals surface area contributed by atoms with Crippen LogP contribution in [0.4, 0.5) is 0 Å². The van der Waals surface area contributed by atoms with Crippen molar-refractivity contribution < 1.29 is 14.3 Å². The molecule has 0 bridgehead atoms. The van der Waals surface area contributed by atoms with Gasteiger partial charge in [0, 0.05) is 23.9 Å². The number of hydrogen-bond donors (Lipinski definition) is 0. The van der Waals surface area contributed by atoms with Crippen LogP contribution in [0.5, 0.6) is 5.75 Å². The molecule has 0 saturated carbocycles. The van der Waals surface area contributed by atoms with Gasteiger partial charge in [0.1, 0.15) is 17.5 Å². The van der Waals surface area contributed by atoms with Gasteiger partial charge in [0.25, 0.3) is 0 Å². The predicted molar refractivity (Wildman–Crippen MR) is 118 cm³/mol. The van der Waals surface area contributed by atoms with E-state index in [1.807, 2.05) is 69.4 Å². The number of carbonyl (C=O) groups excluding carboxylic acids is 1. The van der Waals surface area contributed by atoms with Crippen molar-refractivity contribution in [3.05, 3.63) is 65.5 Å². The van der Waals surface area contributed by atoms with Crippen molar-refractivity contribution >= 4 is 5.97 Å². The first kappa shape index (κ1) is 21.2. The summed E-state index contributed by atoms with van der Waals surface area (Å²) in [5, 5.41) is 9.84. The number of ether oxygens (including phenoxy) is 2. The average molecular weight is 402 g/mol. The van der Waals surface area contributed by atoms with Gasteiger partial charge >= 0.3 is 5.97 Å². The molecule has 1 aromatic heterocycles. The highest BCUT2D eigenvalue weighted by atomic mass is 16.5. The van der Waals surface area contributed by atoms with E-state index in [-0.39, 0.29) is 6.61 Å². The zero-order valence-electron chi connectivity index (χ0n) is 17.9. The van der Waals surface area contributed by atoms with Crippen LogP contribution < -0.4 is 4.74 Å². The van der Waals surface area contributed by atoms with E-state index < -0.39 is 5.97 Å². The van der Waals surface area contributed by atoms with E-state index in [2.05, 4.69) is 6.07 Å². The lowest BCUT2D eigenvalue weighted by Gasteiger charge is -2.11. The van der Waals surface area contributed by atoms with Gasteiger partial charge in [-0.25, -0.2) is 4.79 Å². The van der Waals surface area contributed by atoms with Crippen LogP contribution in [-0.4, -0.2) is 23.8 Å². The van der Waals surface area contributed by atoms with Crippen molar-refractivity contribution in [2.75, 3.05) is 13.2 Å². The first-order valence-corrected chi connectivity index (χ1v) is 10.2. The standard InChI is InChI=1S/C25H26N2O3/c1-5-21-20(16-26)23(24(27(21)4)25(28)30-7-3)18-14-12-17(13-15-18)19-10-8-9-11-22(19)29-6-2/h8-15H,5-7H2,1-4H3. The van der Waals surface area contributed by atoms with Crippen molar-refractivity contribution in [3.63, 3.8) is 0 Å². The van der Waals surface area contributed by atoms with Gasteiger partial charge in [0.05, 0.1) is 18.8 Å². The molecule has 0 amide bonds. The van der Waals surface area contributed by atoms with E-state index in [0.717, 1.165) is 28.1 Å². The molecular formula is C25H26N2O3. The summed E-state index contributed by atoms with van der Waals surface area (Å²) < 4.78 is 12.8. The van der Waals surface area contributed by atoms with E-state index in [9.17, 15) is 10.1 Å².